The first-order chi connectivity index (χ1) is 15.5. The van der Waals surface area contributed by atoms with Crippen molar-refractivity contribution in [3.05, 3.63) is 88.9 Å². The van der Waals surface area contributed by atoms with Crippen LogP contribution in [0.3, 0.4) is 0 Å². The Morgan fingerprint density at radius 3 is 2.00 bits per heavy atom. The maximum absolute atomic E-state index is 13.3. The quantitative estimate of drug-likeness (QED) is 0.458. The van der Waals surface area contributed by atoms with E-state index in [1.807, 2.05) is 0 Å². The first kappa shape index (κ1) is 24.9. The fourth-order valence-corrected chi connectivity index (χ4v) is 5.48. The molecule has 1 amide bonds. The minimum absolute atomic E-state index is 0.0742. The molecule has 0 bridgehead atoms. The van der Waals surface area contributed by atoms with Crippen molar-refractivity contribution in [2.45, 2.75) is 22.8 Å². The summed E-state index contributed by atoms with van der Waals surface area (Å²) in [6.07, 6.45) is 1.12. The molecule has 0 aliphatic carbocycles. The second-order valence-corrected chi connectivity index (χ2v) is 12.2. The third kappa shape index (κ3) is 6.21. The molecular weight excluding hydrogens is 528 g/mol. The van der Waals surface area contributed by atoms with E-state index in [1.165, 1.54) is 24.3 Å². The first-order valence-electron chi connectivity index (χ1n) is 9.91. The zero-order valence-corrected chi connectivity index (χ0v) is 21.2. The monoisotopic (exact) mass is 550 g/mol. The van der Waals surface area contributed by atoms with Crippen molar-refractivity contribution in [3.8, 4) is 0 Å². The number of hydrogen-bond acceptors (Lipinski definition) is 5. The highest BCUT2D eigenvalue weighted by Crippen LogP contribution is 2.25. The molecule has 0 saturated carbocycles. The minimum atomic E-state index is -3.99. The van der Waals surface area contributed by atoms with Gasteiger partial charge < -0.3 is 5.32 Å². The summed E-state index contributed by atoms with van der Waals surface area (Å²) in [7, 11) is -7.32. The molecule has 0 heterocycles. The Balaban J connectivity index is 1.84. The molecule has 3 rings (SSSR count). The molecule has 0 radical (unpaired) electrons. The molecule has 7 nitrogen and oxygen atoms in total. The number of halogens is 1. The summed E-state index contributed by atoms with van der Waals surface area (Å²) in [6.45, 7) is 1.31. The molecule has 3 aromatic carbocycles. The molecule has 0 spiro atoms. The molecule has 10 heteroatoms. The van der Waals surface area contributed by atoms with Crippen molar-refractivity contribution < 1.29 is 21.6 Å². The van der Waals surface area contributed by atoms with Crippen molar-refractivity contribution in [2.75, 3.05) is 17.1 Å². The molecule has 0 aromatic heterocycles. The van der Waals surface area contributed by atoms with Gasteiger partial charge in [0, 0.05) is 10.7 Å². The van der Waals surface area contributed by atoms with Crippen molar-refractivity contribution in [1.82, 2.24) is 5.32 Å². The normalized spacial score (nSPS) is 12.7. The van der Waals surface area contributed by atoms with Gasteiger partial charge in [-0.3, -0.25) is 9.10 Å². The van der Waals surface area contributed by atoms with E-state index in [4.69, 9.17) is 0 Å². The van der Waals surface area contributed by atoms with E-state index < -0.39 is 38.4 Å². The average molecular weight is 551 g/mol. The van der Waals surface area contributed by atoms with Crippen LogP contribution in [0.2, 0.25) is 0 Å². The number of benzene rings is 3. The van der Waals surface area contributed by atoms with Crippen LogP contribution in [0, 0.1) is 0 Å². The van der Waals surface area contributed by atoms with Crippen LogP contribution in [0.1, 0.15) is 18.5 Å². The van der Waals surface area contributed by atoms with Crippen molar-refractivity contribution in [1.29, 1.82) is 0 Å². The second kappa shape index (κ2) is 10.1. The molecule has 174 valence electrons. The topological polar surface area (TPSA) is 101 Å². The number of nitrogens with one attached hydrogen (secondary N) is 1. The Morgan fingerprint density at radius 2 is 1.45 bits per heavy atom. The summed E-state index contributed by atoms with van der Waals surface area (Å²) in [6, 6.07) is 20.3. The lowest BCUT2D eigenvalue weighted by Gasteiger charge is -2.25. The zero-order valence-electron chi connectivity index (χ0n) is 18.0. The Hall–Kier alpha value is -2.69. The van der Waals surface area contributed by atoms with Crippen LogP contribution in [0.5, 0.6) is 0 Å². The third-order valence-electron chi connectivity index (χ3n) is 4.92. The van der Waals surface area contributed by atoms with E-state index in [-0.39, 0.29) is 9.79 Å². The lowest BCUT2D eigenvalue weighted by molar-refractivity contribution is -0.120. The molecule has 0 aliphatic heterocycles. The number of nitrogens with zero attached hydrogens (tertiary/aromatic N) is 1. The van der Waals surface area contributed by atoms with Gasteiger partial charge >= 0.3 is 0 Å². The Bertz CT molecular complexity index is 1330. The number of carbonyl (C=O) groups is 1. The molecule has 1 atom stereocenters. The molecule has 3 aromatic rings. The van der Waals surface area contributed by atoms with E-state index in [2.05, 4.69) is 21.2 Å². The van der Waals surface area contributed by atoms with Crippen LogP contribution < -0.4 is 9.62 Å². The Morgan fingerprint density at radius 1 is 0.879 bits per heavy atom. The van der Waals surface area contributed by atoms with Crippen LogP contribution in [0.4, 0.5) is 5.69 Å². The Kier molecular flexibility index (Phi) is 7.61. The fourth-order valence-electron chi connectivity index (χ4n) is 3.15. The number of sulfone groups is 1. The van der Waals surface area contributed by atoms with Gasteiger partial charge in [-0.05, 0) is 61.0 Å². The predicted octanol–water partition coefficient (Wildman–Crippen LogP) is 3.93. The van der Waals surface area contributed by atoms with Crippen LogP contribution in [0.25, 0.3) is 0 Å². The van der Waals surface area contributed by atoms with Crippen LogP contribution in [0.15, 0.2) is 93.1 Å². The minimum Gasteiger partial charge on any atom is -0.348 e. The van der Waals surface area contributed by atoms with Crippen LogP contribution >= 0.6 is 15.9 Å². The molecule has 0 aliphatic rings. The molecule has 0 fully saturated rings. The van der Waals surface area contributed by atoms with Crippen LogP contribution in [-0.4, -0.2) is 35.5 Å². The summed E-state index contributed by atoms with van der Waals surface area (Å²) >= 11 is 3.33. The van der Waals surface area contributed by atoms with Crippen LogP contribution in [-0.2, 0) is 24.7 Å². The number of amides is 1. The molecular formula is C23H23BrN2O5S2. The van der Waals surface area contributed by atoms with E-state index in [1.54, 1.807) is 61.5 Å². The predicted molar refractivity (Wildman–Crippen MR) is 131 cm³/mol. The second-order valence-electron chi connectivity index (χ2n) is 7.43. The van der Waals surface area contributed by atoms with E-state index >= 15 is 0 Å². The lowest BCUT2D eigenvalue weighted by Crippen LogP contribution is -2.41. The number of sulfonamides is 1. The maximum atomic E-state index is 13.3. The van der Waals surface area contributed by atoms with Gasteiger partial charge in [0.2, 0.25) is 5.91 Å². The zero-order chi connectivity index (χ0) is 24.2. The van der Waals surface area contributed by atoms with E-state index in [0.717, 1.165) is 15.0 Å². The Labute approximate surface area is 202 Å². The van der Waals surface area contributed by atoms with Gasteiger partial charge in [-0.15, -0.1) is 0 Å². The van der Waals surface area contributed by atoms with Gasteiger partial charge in [-0.1, -0.05) is 46.3 Å². The highest BCUT2D eigenvalue weighted by molar-refractivity contribution is 9.10. The largest absolute Gasteiger partial charge is 0.348 e. The van der Waals surface area contributed by atoms with Gasteiger partial charge in [-0.2, -0.15) is 0 Å². The van der Waals surface area contributed by atoms with Gasteiger partial charge in [0.05, 0.1) is 21.5 Å². The number of rotatable bonds is 8. The molecule has 0 saturated heterocycles. The summed E-state index contributed by atoms with van der Waals surface area (Å²) in [4.78, 5) is 13.1. The standard InChI is InChI=1S/C23H23BrN2O5S2/c1-17(18-8-14-21(15-9-18)32(2,28)29)25-23(27)16-26(20-12-10-19(24)11-13-20)33(30,31)22-6-4-3-5-7-22/h3-15,17H,16H2,1-2H3,(H,25,27)/t17-/m0/s1. The van der Waals surface area contributed by atoms with Crippen molar-refractivity contribution >= 4 is 47.4 Å². The molecule has 33 heavy (non-hydrogen) atoms. The lowest BCUT2D eigenvalue weighted by atomic mass is 10.1. The van der Waals surface area contributed by atoms with Gasteiger partial charge in [-0.25, -0.2) is 16.8 Å². The third-order valence-corrected chi connectivity index (χ3v) is 8.36. The molecule has 0 unspecified atom stereocenters. The highest BCUT2D eigenvalue weighted by atomic mass is 79.9. The van der Waals surface area contributed by atoms with Gasteiger partial charge in [0.15, 0.2) is 9.84 Å². The number of hydrogen-bond donors (Lipinski definition) is 1. The van der Waals surface area contributed by atoms with Crippen molar-refractivity contribution in [3.63, 3.8) is 0 Å². The maximum Gasteiger partial charge on any atom is 0.264 e. The summed E-state index contributed by atoms with van der Waals surface area (Å²) in [5.41, 5.74) is 1.04. The summed E-state index contributed by atoms with van der Waals surface area (Å²) in [5.74, 6) is -0.503. The van der Waals surface area contributed by atoms with E-state index in [0.29, 0.717) is 11.3 Å². The summed E-state index contributed by atoms with van der Waals surface area (Å²) in [5, 5.41) is 2.79. The fraction of sp³-hybridized carbons (Fsp3) is 0.174. The van der Waals surface area contributed by atoms with E-state index in [9.17, 15) is 21.6 Å². The van der Waals surface area contributed by atoms with Crippen molar-refractivity contribution in [2.24, 2.45) is 0 Å². The highest BCUT2D eigenvalue weighted by Gasteiger charge is 2.27. The number of anilines is 1. The smallest absolute Gasteiger partial charge is 0.264 e. The van der Waals surface area contributed by atoms with Gasteiger partial charge in [0.25, 0.3) is 10.0 Å². The molecule has 1 N–H and O–H groups in total. The first-order valence-corrected chi connectivity index (χ1v) is 14.0. The SMILES string of the molecule is C[C@H](NC(=O)CN(c1ccc(Br)cc1)S(=O)(=O)c1ccccc1)c1ccc(S(C)(=O)=O)cc1. The average Bonchev–Trinajstić information content (AvgIpc) is 2.78. The number of carbonyl (C=O) groups excluding carboxylic acids is 1. The van der Waals surface area contributed by atoms with Gasteiger partial charge in [0.1, 0.15) is 6.54 Å². The summed E-state index contributed by atoms with van der Waals surface area (Å²) < 4.78 is 51.8.